The van der Waals surface area contributed by atoms with Crippen LogP contribution in [0.2, 0.25) is 0 Å². The molecule has 0 aliphatic heterocycles. The number of aryl methyl sites for hydroxylation is 1. The first-order valence-corrected chi connectivity index (χ1v) is 6.79. The summed E-state index contributed by atoms with van der Waals surface area (Å²) in [5.74, 6) is 0.0256. The van der Waals surface area contributed by atoms with Gasteiger partial charge in [-0.1, -0.05) is 6.07 Å². The maximum Gasteiger partial charge on any atom is 0.192 e. The van der Waals surface area contributed by atoms with E-state index in [-0.39, 0.29) is 5.84 Å². The molecule has 92 valence electrons. The highest BCUT2D eigenvalue weighted by atomic mass is 79.9. The number of halogens is 1. The lowest BCUT2D eigenvalue weighted by Gasteiger charge is -2.08. The summed E-state index contributed by atoms with van der Waals surface area (Å²) in [4.78, 5) is 9.38. The lowest BCUT2D eigenvalue weighted by molar-refractivity contribution is 0.932. The average Bonchev–Trinajstić information content (AvgIpc) is 2.28. The van der Waals surface area contributed by atoms with Gasteiger partial charge in [0.1, 0.15) is 5.84 Å². The Kier molecular flexibility index (Phi) is 3.98. The summed E-state index contributed by atoms with van der Waals surface area (Å²) in [6.07, 6.45) is 1.72. The van der Waals surface area contributed by atoms with Crippen molar-refractivity contribution in [3.8, 4) is 0 Å². The highest BCUT2D eigenvalue weighted by Gasteiger charge is 2.12. The van der Waals surface area contributed by atoms with Crippen LogP contribution in [0.4, 0.5) is 0 Å². The molecule has 0 aliphatic carbocycles. The number of nitrogens with one attached hydrogen (secondary N) is 1. The van der Waals surface area contributed by atoms with Crippen LogP contribution < -0.4 is 5.73 Å². The van der Waals surface area contributed by atoms with Crippen molar-refractivity contribution in [1.29, 1.82) is 5.41 Å². The first kappa shape index (κ1) is 13.0. The normalized spacial score (nSPS) is 10.3. The number of amidine groups is 1. The first-order chi connectivity index (χ1) is 8.58. The number of nitrogen functional groups attached to an aromatic ring is 1. The van der Waals surface area contributed by atoms with Gasteiger partial charge in [-0.2, -0.15) is 0 Å². The fourth-order valence-electron chi connectivity index (χ4n) is 1.42. The fraction of sp³-hybridized carbons (Fsp3) is 0.0833. The van der Waals surface area contributed by atoms with Gasteiger partial charge in [0.2, 0.25) is 0 Å². The van der Waals surface area contributed by atoms with Gasteiger partial charge in [-0.3, -0.25) is 5.41 Å². The lowest BCUT2D eigenvalue weighted by atomic mass is 10.2. The van der Waals surface area contributed by atoms with Gasteiger partial charge < -0.3 is 5.73 Å². The van der Waals surface area contributed by atoms with Crippen molar-refractivity contribution in [3.63, 3.8) is 0 Å². The third kappa shape index (κ3) is 2.88. The zero-order valence-electron chi connectivity index (χ0n) is 9.64. The molecule has 0 radical (unpaired) electrons. The molecule has 1 heterocycles. The van der Waals surface area contributed by atoms with Gasteiger partial charge >= 0.3 is 0 Å². The zero-order chi connectivity index (χ0) is 13.1. The lowest BCUT2D eigenvalue weighted by Crippen LogP contribution is -2.13. The van der Waals surface area contributed by atoms with Crippen LogP contribution in [0.1, 0.15) is 11.3 Å². The van der Waals surface area contributed by atoms with Crippen molar-refractivity contribution in [3.05, 3.63) is 46.2 Å². The Bertz CT molecular complexity index is 600. The van der Waals surface area contributed by atoms with Crippen LogP contribution >= 0.6 is 27.7 Å². The van der Waals surface area contributed by atoms with Crippen molar-refractivity contribution in [2.45, 2.75) is 17.0 Å². The van der Waals surface area contributed by atoms with Crippen molar-refractivity contribution in [1.82, 2.24) is 9.97 Å². The van der Waals surface area contributed by atoms with Crippen LogP contribution in [0.25, 0.3) is 0 Å². The van der Waals surface area contributed by atoms with Gasteiger partial charge in [-0.25, -0.2) is 9.97 Å². The molecule has 0 unspecified atom stereocenters. The van der Waals surface area contributed by atoms with E-state index in [2.05, 4.69) is 25.9 Å². The summed E-state index contributed by atoms with van der Waals surface area (Å²) in [6.45, 7) is 1.92. The second kappa shape index (κ2) is 5.49. The number of hydrogen-bond acceptors (Lipinski definition) is 4. The second-order valence-electron chi connectivity index (χ2n) is 3.61. The summed E-state index contributed by atoms with van der Waals surface area (Å²) >= 11 is 4.80. The Balaban J connectivity index is 2.40. The molecule has 0 atom stereocenters. The molecule has 0 bridgehead atoms. The van der Waals surface area contributed by atoms with E-state index in [9.17, 15) is 0 Å². The molecule has 0 amide bonds. The molecule has 6 heteroatoms. The highest BCUT2D eigenvalue weighted by Crippen LogP contribution is 2.31. The SMILES string of the molecule is Cc1ccnc(Sc2cccc(Br)c2C(=N)N)n1. The monoisotopic (exact) mass is 322 g/mol. The van der Waals surface area contributed by atoms with Crippen molar-refractivity contribution in [2.24, 2.45) is 5.73 Å². The molecule has 2 aromatic rings. The van der Waals surface area contributed by atoms with Crippen LogP contribution in [0.3, 0.4) is 0 Å². The third-order valence-corrected chi connectivity index (χ3v) is 3.82. The Morgan fingerprint density at radius 1 is 1.39 bits per heavy atom. The number of rotatable bonds is 3. The van der Waals surface area contributed by atoms with Gasteiger partial charge in [-0.05, 0) is 52.8 Å². The first-order valence-electron chi connectivity index (χ1n) is 5.18. The topological polar surface area (TPSA) is 75.7 Å². The van der Waals surface area contributed by atoms with Gasteiger partial charge in [0.15, 0.2) is 5.16 Å². The summed E-state index contributed by atoms with van der Waals surface area (Å²) in [6, 6.07) is 7.50. The van der Waals surface area contributed by atoms with E-state index >= 15 is 0 Å². The number of aromatic nitrogens is 2. The molecule has 3 N–H and O–H groups in total. The smallest absolute Gasteiger partial charge is 0.192 e. The van der Waals surface area contributed by atoms with E-state index in [1.807, 2.05) is 31.2 Å². The number of hydrogen-bond donors (Lipinski definition) is 2. The standard InChI is InChI=1S/C12H11BrN4S/c1-7-5-6-16-12(17-7)18-9-4-2-3-8(13)10(9)11(14)15/h2-6H,1H3,(H3,14,15). The van der Waals surface area contributed by atoms with E-state index in [0.717, 1.165) is 15.1 Å². The van der Waals surface area contributed by atoms with E-state index in [1.54, 1.807) is 6.20 Å². The Hall–Kier alpha value is -1.40. The van der Waals surface area contributed by atoms with Gasteiger partial charge in [0.05, 0.1) is 0 Å². The van der Waals surface area contributed by atoms with Gasteiger partial charge in [0.25, 0.3) is 0 Å². The van der Waals surface area contributed by atoms with Crippen molar-refractivity contribution in [2.75, 3.05) is 0 Å². The average molecular weight is 323 g/mol. The molecule has 2 rings (SSSR count). The number of nitrogens with zero attached hydrogens (tertiary/aromatic N) is 2. The number of nitrogens with two attached hydrogens (primary N) is 1. The largest absolute Gasteiger partial charge is 0.384 e. The highest BCUT2D eigenvalue weighted by molar-refractivity contribution is 9.10. The minimum absolute atomic E-state index is 0.0256. The van der Waals surface area contributed by atoms with Crippen LogP contribution in [-0.4, -0.2) is 15.8 Å². The summed E-state index contributed by atoms with van der Waals surface area (Å²) in [7, 11) is 0. The van der Waals surface area contributed by atoms with Crippen LogP contribution in [0.15, 0.2) is 45.0 Å². The molecule has 0 saturated heterocycles. The maximum absolute atomic E-state index is 7.62. The molecular formula is C12H11BrN4S. The summed E-state index contributed by atoms with van der Waals surface area (Å²) in [5, 5.41) is 8.27. The summed E-state index contributed by atoms with van der Waals surface area (Å²) < 4.78 is 0.799. The Labute approximate surface area is 118 Å². The van der Waals surface area contributed by atoms with Crippen LogP contribution in [-0.2, 0) is 0 Å². The third-order valence-electron chi connectivity index (χ3n) is 2.22. The Morgan fingerprint density at radius 2 is 2.17 bits per heavy atom. The van der Waals surface area contributed by atoms with Gasteiger partial charge in [0, 0.05) is 26.8 Å². The summed E-state index contributed by atoms with van der Waals surface area (Å²) in [5.41, 5.74) is 7.18. The molecule has 1 aromatic heterocycles. The molecular weight excluding hydrogens is 312 g/mol. The molecule has 18 heavy (non-hydrogen) atoms. The quantitative estimate of drug-likeness (QED) is 0.517. The van der Waals surface area contributed by atoms with Crippen LogP contribution in [0, 0.1) is 12.3 Å². The second-order valence-corrected chi connectivity index (χ2v) is 5.47. The van der Waals surface area contributed by atoms with E-state index in [0.29, 0.717) is 10.7 Å². The number of benzene rings is 1. The molecule has 0 spiro atoms. The molecule has 0 fully saturated rings. The molecule has 0 aliphatic rings. The van der Waals surface area contributed by atoms with Crippen LogP contribution in [0.5, 0.6) is 0 Å². The molecule has 1 aromatic carbocycles. The van der Waals surface area contributed by atoms with E-state index in [1.165, 1.54) is 11.8 Å². The Morgan fingerprint density at radius 3 is 2.83 bits per heavy atom. The fourth-order valence-corrected chi connectivity index (χ4v) is 3.10. The van der Waals surface area contributed by atoms with Gasteiger partial charge in [-0.15, -0.1) is 0 Å². The predicted molar refractivity (Wildman–Crippen MR) is 76.1 cm³/mol. The minimum atomic E-state index is 0.0256. The molecule has 4 nitrogen and oxygen atoms in total. The predicted octanol–water partition coefficient (Wildman–Crippen LogP) is 2.98. The zero-order valence-corrected chi connectivity index (χ0v) is 12.0. The minimum Gasteiger partial charge on any atom is -0.384 e. The maximum atomic E-state index is 7.62. The molecule has 0 saturated carbocycles. The van der Waals surface area contributed by atoms with Crippen molar-refractivity contribution >= 4 is 33.5 Å². The van der Waals surface area contributed by atoms with E-state index < -0.39 is 0 Å². The van der Waals surface area contributed by atoms with Crippen molar-refractivity contribution < 1.29 is 0 Å². The van der Waals surface area contributed by atoms with E-state index in [4.69, 9.17) is 11.1 Å².